The van der Waals surface area contributed by atoms with Crippen LogP contribution in [-0.4, -0.2) is 47.7 Å². The fourth-order valence-corrected chi connectivity index (χ4v) is 3.37. The van der Waals surface area contributed by atoms with Crippen molar-refractivity contribution in [2.45, 2.75) is 31.6 Å². The molecule has 1 N–H and O–H groups in total. The Labute approximate surface area is 162 Å². The minimum Gasteiger partial charge on any atom is -0.489 e. The largest absolute Gasteiger partial charge is 0.489 e. The van der Waals surface area contributed by atoms with E-state index in [1.54, 1.807) is 42.3 Å². The summed E-state index contributed by atoms with van der Waals surface area (Å²) in [7, 11) is 1.56. The van der Waals surface area contributed by atoms with E-state index in [0.29, 0.717) is 24.3 Å². The van der Waals surface area contributed by atoms with Crippen molar-refractivity contribution in [3.8, 4) is 5.75 Å². The minimum absolute atomic E-state index is 0.117. The number of carboxylic acids is 1. The zero-order valence-electron chi connectivity index (χ0n) is 15.5. The van der Waals surface area contributed by atoms with Crippen molar-refractivity contribution in [1.29, 1.82) is 0 Å². The SMILES string of the molecule is COC1CC(CC(=O)O)N(C(=O)c2cccc(COc3cccc(F)c3)c2)C1. The maximum absolute atomic E-state index is 13.2. The number of hydrogen-bond donors (Lipinski definition) is 1. The number of ether oxygens (including phenoxy) is 2. The predicted octanol–water partition coefficient (Wildman–Crippen LogP) is 3.11. The Hall–Kier alpha value is -2.93. The van der Waals surface area contributed by atoms with Gasteiger partial charge in [-0.25, -0.2) is 4.39 Å². The Morgan fingerprint density at radius 2 is 2.00 bits per heavy atom. The summed E-state index contributed by atoms with van der Waals surface area (Å²) in [6, 6.07) is 12.4. The Morgan fingerprint density at radius 1 is 1.21 bits per heavy atom. The lowest BCUT2D eigenvalue weighted by atomic mass is 10.1. The van der Waals surface area contributed by atoms with Crippen LogP contribution < -0.4 is 4.74 Å². The number of halogens is 1. The van der Waals surface area contributed by atoms with Crippen molar-refractivity contribution in [1.82, 2.24) is 4.90 Å². The smallest absolute Gasteiger partial charge is 0.305 e. The zero-order chi connectivity index (χ0) is 20.1. The highest BCUT2D eigenvalue weighted by atomic mass is 19.1. The summed E-state index contributed by atoms with van der Waals surface area (Å²) < 4.78 is 24.1. The molecule has 3 rings (SSSR count). The van der Waals surface area contributed by atoms with E-state index in [0.717, 1.165) is 5.56 Å². The Morgan fingerprint density at radius 3 is 2.71 bits per heavy atom. The molecule has 6 nitrogen and oxygen atoms in total. The summed E-state index contributed by atoms with van der Waals surface area (Å²) >= 11 is 0. The maximum Gasteiger partial charge on any atom is 0.305 e. The molecule has 0 radical (unpaired) electrons. The van der Waals surface area contributed by atoms with E-state index >= 15 is 0 Å². The highest BCUT2D eigenvalue weighted by Crippen LogP contribution is 2.25. The van der Waals surface area contributed by atoms with Crippen LogP contribution in [0, 0.1) is 5.82 Å². The molecule has 1 amide bonds. The highest BCUT2D eigenvalue weighted by molar-refractivity contribution is 5.95. The van der Waals surface area contributed by atoms with Gasteiger partial charge < -0.3 is 19.5 Å². The monoisotopic (exact) mass is 387 g/mol. The van der Waals surface area contributed by atoms with Crippen molar-refractivity contribution in [3.63, 3.8) is 0 Å². The quantitative estimate of drug-likeness (QED) is 0.790. The first-order valence-corrected chi connectivity index (χ1v) is 8.99. The van der Waals surface area contributed by atoms with Crippen LogP contribution in [0.2, 0.25) is 0 Å². The van der Waals surface area contributed by atoms with Gasteiger partial charge in [0.2, 0.25) is 0 Å². The number of amides is 1. The summed E-state index contributed by atoms with van der Waals surface area (Å²) in [5.74, 6) is -1.16. The van der Waals surface area contributed by atoms with Crippen LogP contribution in [0.3, 0.4) is 0 Å². The average molecular weight is 387 g/mol. The number of carboxylic acid groups (broad SMARTS) is 1. The van der Waals surface area contributed by atoms with E-state index in [2.05, 4.69) is 0 Å². The molecule has 0 aromatic heterocycles. The number of carbonyl (C=O) groups is 2. The van der Waals surface area contributed by atoms with E-state index in [1.807, 2.05) is 6.07 Å². The van der Waals surface area contributed by atoms with Crippen molar-refractivity contribution >= 4 is 11.9 Å². The van der Waals surface area contributed by atoms with Crippen LogP contribution in [0.25, 0.3) is 0 Å². The van der Waals surface area contributed by atoms with Crippen LogP contribution in [0.5, 0.6) is 5.75 Å². The van der Waals surface area contributed by atoms with E-state index < -0.39 is 12.0 Å². The van der Waals surface area contributed by atoms with Gasteiger partial charge in [-0.1, -0.05) is 18.2 Å². The zero-order valence-corrected chi connectivity index (χ0v) is 15.5. The fourth-order valence-electron chi connectivity index (χ4n) is 3.37. The number of nitrogens with zero attached hydrogens (tertiary/aromatic N) is 1. The van der Waals surface area contributed by atoms with Gasteiger partial charge in [0.25, 0.3) is 5.91 Å². The first-order chi connectivity index (χ1) is 13.5. The second-order valence-corrected chi connectivity index (χ2v) is 6.75. The number of hydrogen-bond acceptors (Lipinski definition) is 4. The van der Waals surface area contributed by atoms with Crippen LogP contribution in [0.4, 0.5) is 4.39 Å². The normalized spacial score (nSPS) is 18.9. The fraction of sp³-hybridized carbons (Fsp3) is 0.333. The molecule has 0 bridgehead atoms. The topological polar surface area (TPSA) is 76.1 Å². The van der Waals surface area contributed by atoms with Gasteiger partial charge in [0.05, 0.1) is 12.5 Å². The molecule has 1 aliphatic heterocycles. The molecular formula is C21H22FNO5. The van der Waals surface area contributed by atoms with Gasteiger partial charge in [-0.05, 0) is 36.2 Å². The second kappa shape index (κ2) is 8.84. The van der Waals surface area contributed by atoms with E-state index in [9.17, 15) is 14.0 Å². The lowest BCUT2D eigenvalue weighted by molar-refractivity contribution is -0.138. The summed E-state index contributed by atoms with van der Waals surface area (Å²) in [6.07, 6.45) is 0.207. The minimum atomic E-state index is -0.947. The molecule has 2 atom stereocenters. The maximum atomic E-state index is 13.2. The summed E-state index contributed by atoms with van der Waals surface area (Å²) in [6.45, 7) is 0.543. The Bertz CT molecular complexity index is 856. The van der Waals surface area contributed by atoms with Crippen molar-refractivity contribution in [2.24, 2.45) is 0 Å². The molecule has 1 fully saturated rings. The Balaban J connectivity index is 1.71. The van der Waals surface area contributed by atoms with Gasteiger partial charge >= 0.3 is 5.97 Å². The summed E-state index contributed by atoms with van der Waals surface area (Å²) in [4.78, 5) is 25.7. The summed E-state index contributed by atoms with van der Waals surface area (Å²) in [5.41, 5.74) is 1.21. The molecule has 1 heterocycles. The highest BCUT2D eigenvalue weighted by Gasteiger charge is 2.36. The third kappa shape index (κ3) is 4.86. The van der Waals surface area contributed by atoms with Crippen molar-refractivity contribution < 1.29 is 28.6 Å². The molecular weight excluding hydrogens is 365 g/mol. The van der Waals surface area contributed by atoms with E-state index in [-0.39, 0.29) is 30.9 Å². The molecule has 0 aliphatic carbocycles. The molecule has 0 saturated carbocycles. The first kappa shape index (κ1) is 19.8. The number of rotatable bonds is 7. The number of methoxy groups -OCH3 is 1. The van der Waals surface area contributed by atoms with Crippen LogP contribution >= 0.6 is 0 Å². The van der Waals surface area contributed by atoms with Gasteiger partial charge in [0.15, 0.2) is 0 Å². The third-order valence-corrected chi connectivity index (χ3v) is 4.76. The lowest BCUT2D eigenvalue weighted by Gasteiger charge is -2.23. The Kier molecular flexibility index (Phi) is 6.26. The molecule has 1 aliphatic rings. The van der Waals surface area contributed by atoms with Gasteiger partial charge in [-0.3, -0.25) is 9.59 Å². The van der Waals surface area contributed by atoms with Gasteiger partial charge in [-0.15, -0.1) is 0 Å². The van der Waals surface area contributed by atoms with Crippen molar-refractivity contribution in [3.05, 3.63) is 65.5 Å². The average Bonchev–Trinajstić information content (AvgIpc) is 3.08. The molecule has 2 unspecified atom stereocenters. The molecule has 148 valence electrons. The van der Waals surface area contributed by atoms with Crippen LogP contribution in [0.1, 0.15) is 28.8 Å². The molecule has 2 aromatic rings. The van der Waals surface area contributed by atoms with Crippen molar-refractivity contribution in [2.75, 3.05) is 13.7 Å². The first-order valence-electron chi connectivity index (χ1n) is 8.99. The third-order valence-electron chi connectivity index (χ3n) is 4.76. The van der Waals surface area contributed by atoms with Gasteiger partial charge in [-0.2, -0.15) is 0 Å². The number of carbonyl (C=O) groups excluding carboxylic acids is 1. The number of benzene rings is 2. The molecule has 28 heavy (non-hydrogen) atoms. The lowest BCUT2D eigenvalue weighted by Crippen LogP contribution is -2.37. The van der Waals surface area contributed by atoms with Gasteiger partial charge in [0, 0.05) is 31.3 Å². The summed E-state index contributed by atoms with van der Waals surface area (Å²) in [5, 5.41) is 9.12. The number of likely N-dealkylation sites (tertiary alicyclic amines) is 1. The van der Waals surface area contributed by atoms with Crippen LogP contribution in [-0.2, 0) is 16.1 Å². The van der Waals surface area contributed by atoms with Gasteiger partial charge in [0.1, 0.15) is 18.2 Å². The van der Waals surface area contributed by atoms with E-state index in [4.69, 9.17) is 14.6 Å². The van der Waals surface area contributed by atoms with E-state index in [1.165, 1.54) is 12.1 Å². The number of aliphatic carboxylic acids is 1. The standard InChI is InChI=1S/C21H22FNO5/c1-27-19-10-17(11-20(24)25)23(12-19)21(26)15-5-2-4-14(8-15)13-28-18-7-3-6-16(22)9-18/h2-9,17,19H,10-13H2,1H3,(H,24,25). The predicted molar refractivity (Wildman–Crippen MR) is 99.7 cm³/mol. The molecule has 7 heteroatoms. The molecule has 2 aromatic carbocycles. The second-order valence-electron chi connectivity index (χ2n) is 6.75. The van der Waals surface area contributed by atoms with Crippen LogP contribution in [0.15, 0.2) is 48.5 Å². The molecule has 0 spiro atoms. The molecule has 1 saturated heterocycles.